The molecule has 0 spiro atoms. The average molecular weight is 689 g/mol. The number of carbonyl (C=O) groups excluding carboxylic acids is 1. The summed E-state index contributed by atoms with van der Waals surface area (Å²) in [4.78, 5) is 25.8. The predicted octanol–water partition coefficient (Wildman–Crippen LogP) is 8.10. The van der Waals surface area contributed by atoms with Crippen molar-refractivity contribution in [3.05, 3.63) is 148 Å². The zero-order valence-electron chi connectivity index (χ0n) is 28.4. The monoisotopic (exact) mass is 688 g/mol. The highest BCUT2D eigenvalue weighted by Crippen LogP contribution is 2.30. The van der Waals surface area contributed by atoms with E-state index >= 15 is 0 Å². The number of amides is 1. The second kappa shape index (κ2) is 17.0. The van der Waals surface area contributed by atoms with Crippen molar-refractivity contribution in [1.29, 1.82) is 0 Å². The fraction of sp³-hybridized carbons (Fsp3) is 0.244. The molecule has 0 aliphatic carbocycles. The van der Waals surface area contributed by atoms with Gasteiger partial charge in [0.2, 0.25) is 11.8 Å². The van der Waals surface area contributed by atoms with Crippen molar-refractivity contribution in [3.63, 3.8) is 0 Å². The first-order chi connectivity index (χ1) is 24.4. The van der Waals surface area contributed by atoms with Gasteiger partial charge in [-0.2, -0.15) is 0 Å². The molecule has 3 aromatic carbocycles. The van der Waals surface area contributed by atoms with Crippen LogP contribution in [0.1, 0.15) is 33.4 Å². The summed E-state index contributed by atoms with van der Waals surface area (Å²) in [6.07, 6.45) is 9.52. The van der Waals surface area contributed by atoms with Crippen molar-refractivity contribution in [2.24, 2.45) is 0 Å². The SMILES string of the molecule is Cc1cc(C=CC(=O)N2CCN(Cc3ccc(CCOc4cccc(Cl)c4)cc3)CC2)cc(C)c1Oc1ccc(OCc2ccncc2)cn1. The van der Waals surface area contributed by atoms with Gasteiger partial charge in [-0.05, 0) is 102 Å². The average Bonchev–Trinajstić information content (AvgIpc) is 3.13. The molecule has 0 atom stereocenters. The van der Waals surface area contributed by atoms with Gasteiger partial charge in [0.25, 0.3) is 0 Å². The number of aromatic nitrogens is 2. The number of benzene rings is 3. The number of nitrogens with zero attached hydrogens (tertiary/aromatic N) is 4. The van der Waals surface area contributed by atoms with Crippen LogP contribution < -0.4 is 14.2 Å². The number of hydrogen-bond acceptors (Lipinski definition) is 7. The van der Waals surface area contributed by atoms with Gasteiger partial charge in [-0.1, -0.05) is 41.9 Å². The summed E-state index contributed by atoms with van der Waals surface area (Å²) in [5, 5.41) is 0.675. The number of rotatable bonds is 13. The van der Waals surface area contributed by atoms with E-state index in [0.717, 1.165) is 59.8 Å². The first-order valence-corrected chi connectivity index (χ1v) is 17.2. The van der Waals surface area contributed by atoms with E-state index in [4.69, 9.17) is 25.8 Å². The Morgan fingerprint density at radius 2 is 1.56 bits per heavy atom. The van der Waals surface area contributed by atoms with Crippen LogP contribution in [-0.2, 0) is 24.4 Å². The lowest BCUT2D eigenvalue weighted by Gasteiger charge is -2.34. The highest BCUT2D eigenvalue weighted by Gasteiger charge is 2.20. The molecule has 1 aliphatic heterocycles. The number of halogens is 1. The number of piperazine rings is 1. The molecule has 1 amide bonds. The molecule has 0 unspecified atom stereocenters. The number of ether oxygens (including phenoxy) is 3. The van der Waals surface area contributed by atoms with E-state index in [0.29, 0.717) is 43.0 Å². The summed E-state index contributed by atoms with van der Waals surface area (Å²) < 4.78 is 17.8. The van der Waals surface area contributed by atoms with Crippen LogP contribution in [0.5, 0.6) is 23.1 Å². The molecule has 0 bridgehead atoms. The lowest BCUT2D eigenvalue weighted by molar-refractivity contribution is -0.127. The van der Waals surface area contributed by atoms with Crippen molar-refractivity contribution in [2.45, 2.75) is 33.4 Å². The van der Waals surface area contributed by atoms with Crippen molar-refractivity contribution in [3.8, 4) is 23.1 Å². The van der Waals surface area contributed by atoms with Gasteiger partial charge in [0.05, 0.1) is 12.8 Å². The van der Waals surface area contributed by atoms with Crippen LogP contribution in [-0.4, -0.2) is 58.5 Å². The van der Waals surface area contributed by atoms with E-state index in [1.807, 2.05) is 79.4 Å². The second-order valence-electron chi connectivity index (χ2n) is 12.4. The summed E-state index contributed by atoms with van der Waals surface area (Å²) >= 11 is 6.04. The fourth-order valence-electron chi connectivity index (χ4n) is 5.82. The molecule has 9 heteroatoms. The van der Waals surface area contributed by atoms with E-state index in [1.165, 1.54) is 11.1 Å². The topological polar surface area (TPSA) is 77.0 Å². The first kappa shape index (κ1) is 34.7. The summed E-state index contributed by atoms with van der Waals surface area (Å²) in [6, 6.07) is 27.7. The molecule has 50 heavy (non-hydrogen) atoms. The molecule has 5 aromatic rings. The number of aryl methyl sites for hydroxylation is 2. The molecular formula is C41H41ClN4O4. The van der Waals surface area contributed by atoms with Crippen LogP contribution >= 0.6 is 11.6 Å². The summed E-state index contributed by atoms with van der Waals surface area (Å²) in [5.41, 5.74) is 6.41. The summed E-state index contributed by atoms with van der Waals surface area (Å²) in [5.74, 6) is 2.71. The third-order valence-electron chi connectivity index (χ3n) is 8.54. The summed E-state index contributed by atoms with van der Waals surface area (Å²) in [6.45, 7) is 8.98. The number of hydrogen-bond donors (Lipinski definition) is 0. The van der Waals surface area contributed by atoms with Crippen LogP contribution in [0.15, 0.2) is 110 Å². The molecule has 1 saturated heterocycles. The molecule has 0 N–H and O–H groups in total. The van der Waals surface area contributed by atoms with Crippen LogP contribution in [0.4, 0.5) is 0 Å². The maximum absolute atomic E-state index is 13.1. The Balaban J connectivity index is 0.934. The van der Waals surface area contributed by atoms with E-state index in [1.54, 1.807) is 30.7 Å². The lowest BCUT2D eigenvalue weighted by atomic mass is 10.1. The maximum Gasteiger partial charge on any atom is 0.246 e. The van der Waals surface area contributed by atoms with Gasteiger partial charge in [0, 0.05) is 68.7 Å². The van der Waals surface area contributed by atoms with Gasteiger partial charge < -0.3 is 19.1 Å². The maximum atomic E-state index is 13.1. The van der Waals surface area contributed by atoms with Gasteiger partial charge in [-0.15, -0.1) is 0 Å². The molecule has 2 aromatic heterocycles. The quantitative estimate of drug-likeness (QED) is 0.116. The molecule has 1 aliphatic rings. The Bertz CT molecular complexity index is 1870. The Morgan fingerprint density at radius 1 is 0.820 bits per heavy atom. The van der Waals surface area contributed by atoms with Gasteiger partial charge in [0.1, 0.15) is 23.9 Å². The van der Waals surface area contributed by atoms with Crippen molar-refractivity contribution >= 4 is 23.6 Å². The molecule has 0 radical (unpaired) electrons. The first-order valence-electron chi connectivity index (χ1n) is 16.8. The van der Waals surface area contributed by atoms with Crippen LogP contribution in [0, 0.1) is 13.8 Å². The molecule has 0 saturated carbocycles. The zero-order chi connectivity index (χ0) is 34.7. The van der Waals surface area contributed by atoms with E-state index in [9.17, 15) is 4.79 Å². The second-order valence-corrected chi connectivity index (χ2v) is 12.8. The van der Waals surface area contributed by atoms with Gasteiger partial charge >= 0.3 is 0 Å². The number of carbonyl (C=O) groups is 1. The van der Waals surface area contributed by atoms with Crippen LogP contribution in [0.3, 0.4) is 0 Å². The minimum Gasteiger partial charge on any atom is -0.493 e. The third kappa shape index (κ3) is 9.94. The lowest BCUT2D eigenvalue weighted by Crippen LogP contribution is -2.47. The number of pyridine rings is 2. The van der Waals surface area contributed by atoms with Crippen molar-refractivity contribution in [1.82, 2.24) is 19.8 Å². The van der Waals surface area contributed by atoms with Gasteiger partial charge in [-0.25, -0.2) is 4.98 Å². The normalized spacial score (nSPS) is 13.4. The Morgan fingerprint density at radius 3 is 2.26 bits per heavy atom. The van der Waals surface area contributed by atoms with Gasteiger partial charge in [0.15, 0.2) is 0 Å². The summed E-state index contributed by atoms with van der Waals surface area (Å²) in [7, 11) is 0. The smallest absolute Gasteiger partial charge is 0.246 e. The van der Waals surface area contributed by atoms with Crippen LogP contribution in [0.25, 0.3) is 6.08 Å². The van der Waals surface area contributed by atoms with Crippen molar-refractivity contribution in [2.75, 3.05) is 32.8 Å². The van der Waals surface area contributed by atoms with Crippen LogP contribution in [0.2, 0.25) is 5.02 Å². The standard InChI is InChI=1S/C41H41ClN4O4/c1-30-24-35(25-31(2)41(30)50-39-12-11-38(27-44-39)49-29-34-14-17-43-18-15-34)10-13-40(47)46-21-19-45(20-22-46)28-33-8-6-32(7-9-33)16-23-48-37-5-3-4-36(42)26-37/h3-15,17-18,24-27H,16,19-23,28-29H2,1-2H3. The molecule has 3 heterocycles. The Kier molecular flexibility index (Phi) is 11.8. The largest absolute Gasteiger partial charge is 0.493 e. The Hall–Kier alpha value is -5.18. The molecule has 256 valence electrons. The molecule has 1 fully saturated rings. The minimum atomic E-state index is 0.0278. The minimum absolute atomic E-state index is 0.0278. The Labute approximate surface area is 298 Å². The zero-order valence-corrected chi connectivity index (χ0v) is 29.2. The fourth-order valence-corrected chi connectivity index (χ4v) is 6.00. The van der Waals surface area contributed by atoms with Crippen molar-refractivity contribution < 1.29 is 19.0 Å². The van der Waals surface area contributed by atoms with E-state index in [-0.39, 0.29) is 5.91 Å². The van der Waals surface area contributed by atoms with E-state index in [2.05, 4.69) is 39.1 Å². The third-order valence-corrected chi connectivity index (χ3v) is 8.78. The van der Waals surface area contributed by atoms with Gasteiger partial charge in [-0.3, -0.25) is 14.7 Å². The highest BCUT2D eigenvalue weighted by atomic mass is 35.5. The predicted molar refractivity (Wildman–Crippen MR) is 197 cm³/mol. The molecule has 6 rings (SSSR count). The molecular weight excluding hydrogens is 648 g/mol. The highest BCUT2D eigenvalue weighted by molar-refractivity contribution is 6.30. The van der Waals surface area contributed by atoms with E-state index < -0.39 is 0 Å². The molecule has 8 nitrogen and oxygen atoms in total.